The number of benzene rings is 3. The lowest BCUT2D eigenvalue weighted by atomic mass is 9.98. The molecule has 0 radical (unpaired) electrons. The van der Waals surface area contributed by atoms with Gasteiger partial charge in [-0.1, -0.05) is 54.6 Å². The lowest BCUT2D eigenvalue weighted by Gasteiger charge is -2.35. The lowest BCUT2D eigenvalue weighted by Crippen LogP contribution is -2.49. The summed E-state index contributed by atoms with van der Waals surface area (Å²) in [6.45, 7) is 2.99. The zero-order chi connectivity index (χ0) is 20.5. The molecular formula is C25H24N2O3. The molecule has 1 aliphatic carbocycles. The highest BCUT2D eigenvalue weighted by molar-refractivity contribution is 5.79. The van der Waals surface area contributed by atoms with Crippen LogP contribution in [0, 0.1) is 0 Å². The second kappa shape index (κ2) is 7.75. The van der Waals surface area contributed by atoms with Crippen molar-refractivity contribution >= 4 is 11.8 Å². The summed E-state index contributed by atoms with van der Waals surface area (Å²) in [5.41, 5.74) is 5.88. The first-order valence-corrected chi connectivity index (χ1v) is 10.3. The zero-order valence-corrected chi connectivity index (χ0v) is 16.7. The maximum absolute atomic E-state index is 12.7. The van der Waals surface area contributed by atoms with Crippen molar-refractivity contribution in [3.8, 4) is 16.9 Å². The molecule has 5 heteroatoms. The molecule has 3 aromatic rings. The van der Waals surface area contributed by atoms with Crippen molar-refractivity contribution < 1.29 is 14.6 Å². The maximum atomic E-state index is 12.7. The molecule has 1 saturated heterocycles. The van der Waals surface area contributed by atoms with Crippen LogP contribution < -0.4 is 4.90 Å². The van der Waals surface area contributed by atoms with E-state index < -0.39 is 0 Å². The Morgan fingerprint density at radius 3 is 2.13 bits per heavy atom. The second-order valence-corrected chi connectivity index (χ2v) is 7.80. The molecule has 1 N–H and O–H groups in total. The molecule has 1 fully saturated rings. The number of carbonyl (C=O) groups excluding carboxylic acids is 1. The highest BCUT2D eigenvalue weighted by Crippen LogP contribution is 2.44. The summed E-state index contributed by atoms with van der Waals surface area (Å²) in [6.07, 6.45) is -0.257. The monoisotopic (exact) mass is 400 g/mol. The molecule has 0 saturated carbocycles. The first-order chi connectivity index (χ1) is 14.7. The topological polar surface area (TPSA) is 53.0 Å². The van der Waals surface area contributed by atoms with Crippen molar-refractivity contribution in [2.75, 3.05) is 37.7 Å². The Morgan fingerprint density at radius 2 is 1.50 bits per heavy atom. The van der Waals surface area contributed by atoms with Gasteiger partial charge in [0.25, 0.3) is 0 Å². The molecule has 1 heterocycles. The summed E-state index contributed by atoms with van der Waals surface area (Å²) in [7, 11) is 0. The molecule has 1 amide bonds. The van der Waals surface area contributed by atoms with E-state index >= 15 is 0 Å². The van der Waals surface area contributed by atoms with Gasteiger partial charge in [0.1, 0.15) is 12.4 Å². The van der Waals surface area contributed by atoms with Crippen LogP contribution in [-0.2, 0) is 4.74 Å². The van der Waals surface area contributed by atoms with E-state index in [0.29, 0.717) is 32.8 Å². The predicted molar refractivity (Wildman–Crippen MR) is 117 cm³/mol. The Morgan fingerprint density at radius 1 is 0.867 bits per heavy atom. The molecule has 2 aliphatic rings. The summed E-state index contributed by atoms with van der Waals surface area (Å²) < 4.78 is 5.77. The van der Waals surface area contributed by atoms with E-state index in [4.69, 9.17) is 4.74 Å². The van der Waals surface area contributed by atoms with Gasteiger partial charge in [-0.2, -0.15) is 0 Å². The normalized spacial score (nSPS) is 15.6. The predicted octanol–water partition coefficient (Wildman–Crippen LogP) is 4.46. The van der Waals surface area contributed by atoms with Crippen LogP contribution >= 0.6 is 0 Å². The van der Waals surface area contributed by atoms with Gasteiger partial charge >= 0.3 is 6.09 Å². The molecular weight excluding hydrogens is 376 g/mol. The van der Waals surface area contributed by atoms with E-state index in [1.54, 1.807) is 17.0 Å². The van der Waals surface area contributed by atoms with Gasteiger partial charge < -0.3 is 19.6 Å². The molecule has 0 bridgehead atoms. The van der Waals surface area contributed by atoms with Crippen LogP contribution in [0.3, 0.4) is 0 Å². The minimum absolute atomic E-state index is 0.0786. The summed E-state index contributed by atoms with van der Waals surface area (Å²) >= 11 is 0. The molecule has 5 rings (SSSR count). The molecule has 3 aromatic carbocycles. The highest BCUT2D eigenvalue weighted by Gasteiger charge is 2.30. The van der Waals surface area contributed by atoms with Crippen LogP contribution in [0.1, 0.15) is 17.0 Å². The van der Waals surface area contributed by atoms with E-state index in [1.165, 1.54) is 22.3 Å². The van der Waals surface area contributed by atoms with E-state index in [2.05, 4.69) is 41.3 Å². The van der Waals surface area contributed by atoms with Crippen molar-refractivity contribution in [2.45, 2.75) is 5.92 Å². The molecule has 0 spiro atoms. The Bertz CT molecular complexity index is 1030. The number of nitrogens with zero attached hydrogens (tertiary/aromatic N) is 2. The van der Waals surface area contributed by atoms with Crippen LogP contribution in [0.25, 0.3) is 11.1 Å². The van der Waals surface area contributed by atoms with Crippen molar-refractivity contribution in [2.24, 2.45) is 0 Å². The van der Waals surface area contributed by atoms with Gasteiger partial charge in [-0.15, -0.1) is 0 Å². The number of ether oxygens (including phenoxy) is 1. The van der Waals surface area contributed by atoms with Gasteiger partial charge in [0.15, 0.2) is 0 Å². The molecule has 1 aliphatic heterocycles. The quantitative estimate of drug-likeness (QED) is 0.705. The summed E-state index contributed by atoms with van der Waals surface area (Å²) in [4.78, 5) is 16.7. The van der Waals surface area contributed by atoms with Crippen LogP contribution in [0.4, 0.5) is 10.5 Å². The van der Waals surface area contributed by atoms with E-state index in [9.17, 15) is 9.90 Å². The minimum atomic E-state index is -0.257. The number of phenols is 1. The van der Waals surface area contributed by atoms with Gasteiger partial charge in [-0.05, 0) is 34.4 Å². The molecule has 0 aromatic heterocycles. The van der Waals surface area contributed by atoms with Gasteiger partial charge in [-0.25, -0.2) is 4.79 Å². The Kier molecular flexibility index (Phi) is 4.79. The average molecular weight is 400 g/mol. The number of hydrogen-bond acceptors (Lipinski definition) is 4. The fourth-order valence-corrected chi connectivity index (χ4v) is 4.52. The summed E-state index contributed by atoms with van der Waals surface area (Å²) in [5, 5.41) is 9.69. The van der Waals surface area contributed by atoms with Crippen LogP contribution in [-0.4, -0.2) is 48.9 Å². The van der Waals surface area contributed by atoms with Gasteiger partial charge in [0.2, 0.25) is 0 Å². The molecule has 5 nitrogen and oxygen atoms in total. The van der Waals surface area contributed by atoms with E-state index in [0.717, 1.165) is 5.69 Å². The fraction of sp³-hybridized carbons (Fsp3) is 0.240. The number of fused-ring (bicyclic) bond motifs is 3. The van der Waals surface area contributed by atoms with Crippen LogP contribution in [0.15, 0.2) is 72.8 Å². The van der Waals surface area contributed by atoms with Gasteiger partial charge in [-0.3, -0.25) is 0 Å². The second-order valence-electron chi connectivity index (χ2n) is 7.80. The van der Waals surface area contributed by atoms with Gasteiger partial charge in [0, 0.05) is 43.9 Å². The number of piperazine rings is 1. The first kappa shape index (κ1) is 18.6. The molecule has 30 heavy (non-hydrogen) atoms. The third-order valence-corrected chi connectivity index (χ3v) is 6.07. The number of anilines is 1. The van der Waals surface area contributed by atoms with E-state index in [1.807, 2.05) is 24.3 Å². The Labute approximate surface area is 176 Å². The van der Waals surface area contributed by atoms with Gasteiger partial charge in [0.05, 0.1) is 0 Å². The van der Waals surface area contributed by atoms with Crippen LogP contribution in [0.2, 0.25) is 0 Å². The molecule has 152 valence electrons. The number of phenolic OH excluding ortho intramolecular Hbond substituents is 1. The van der Waals surface area contributed by atoms with Crippen molar-refractivity contribution in [3.63, 3.8) is 0 Å². The number of hydrogen-bond donors (Lipinski definition) is 1. The van der Waals surface area contributed by atoms with Crippen molar-refractivity contribution in [1.29, 1.82) is 0 Å². The van der Waals surface area contributed by atoms with Crippen molar-refractivity contribution in [3.05, 3.63) is 83.9 Å². The number of rotatable bonds is 3. The number of carbonyl (C=O) groups is 1. The largest absolute Gasteiger partial charge is 0.508 e. The third-order valence-electron chi connectivity index (χ3n) is 6.07. The summed E-state index contributed by atoms with van der Waals surface area (Å²) in [6, 6.07) is 23.9. The van der Waals surface area contributed by atoms with Crippen molar-refractivity contribution in [1.82, 2.24) is 4.90 Å². The Balaban J connectivity index is 1.22. The lowest BCUT2D eigenvalue weighted by molar-refractivity contribution is 0.0977. The average Bonchev–Trinajstić information content (AvgIpc) is 3.11. The maximum Gasteiger partial charge on any atom is 0.409 e. The SMILES string of the molecule is O=C(OCC1c2ccccc2-c2ccccc21)N1CCN(c2cccc(O)c2)CC1. The number of amides is 1. The third kappa shape index (κ3) is 3.36. The highest BCUT2D eigenvalue weighted by atomic mass is 16.6. The first-order valence-electron chi connectivity index (χ1n) is 10.3. The molecule has 0 unspecified atom stereocenters. The number of aromatic hydroxyl groups is 1. The smallest absolute Gasteiger partial charge is 0.409 e. The summed E-state index contributed by atoms with van der Waals surface area (Å²) in [5.74, 6) is 0.335. The van der Waals surface area contributed by atoms with E-state index in [-0.39, 0.29) is 17.8 Å². The standard InChI is InChI=1S/C25H24N2O3/c28-19-7-5-6-18(16-19)26-12-14-27(15-13-26)25(29)30-17-24-22-10-3-1-8-20(22)21-9-2-4-11-23(21)24/h1-11,16,24,28H,12-15,17H2. The zero-order valence-electron chi connectivity index (χ0n) is 16.7. The minimum Gasteiger partial charge on any atom is -0.508 e. The van der Waals surface area contributed by atoms with Crippen LogP contribution in [0.5, 0.6) is 5.75 Å². The Hall–Kier alpha value is -3.47. The fourth-order valence-electron chi connectivity index (χ4n) is 4.52. The molecule has 0 atom stereocenters.